The van der Waals surface area contributed by atoms with E-state index in [0.29, 0.717) is 5.69 Å². The summed E-state index contributed by atoms with van der Waals surface area (Å²) in [5.41, 5.74) is 0.601. The molecule has 0 unspecified atom stereocenters. The van der Waals surface area contributed by atoms with Crippen LogP contribution in [-0.2, 0) is 12.4 Å². The summed E-state index contributed by atoms with van der Waals surface area (Å²) < 4.78 is 4.87. The van der Waals surface area contributed by atoms with Gasteiger partial charge in [0.05, 0.1) is 12.4 Å². The van der Waals surface area contributed by atoms with E-state index in [1.807, 2.05) is 6.26 Å². The van der Waals surface area contributed by atoms with Gasteiger partial charge in [0, 0.05) is 6.07 Å². The number of aliphatic hydroxyl groups excluding tert-OH is 1. The summed E-state index contributed by atoms with van der Waals surface area (Å²) in [6.45, 7) is -0.0438. The first-order valence-corrected chi connectivity index (χ1v) is 4.30. The fraction of sp³-hybridized carbons (Fsp3) is 0.500. The summed E-state index contributed by atoms with van der Waals surface area (Å²) in [5, 5.41) is 12.2. The summed E-state index contributed by atoms with van der Waals surface area (Å²) in [4.78, 5) is 0. The van der Waals surface area contributed by atoms with Gasteiger partial charge in [0.15, 0.2) is 0 Å². The fourth-order valence-electron chi connectivity index (χ4n) is 0.641. The molecular weight excluding hydrogens is 150 g/mol. The number of aromatic nitrogens is 1. The van der Waals surface area contributed by atoms with Crippen molar-refractivity contribution in [2.75, 3.05) is 6.26 Å². The first kappa shape index (κ1) is 7.63. The predicted molar refractivity (Wildman–Crippen MR) is 39.6 cm³/mol. The Labute approximate surface area is 63.4 Å². The molecule has 0 saturated carbocycles. The molecule has 0 saturated heterocycles. The predicted octanol–water partition coefficient (Wildman–Crippen LogP) is 1.03. The molecule has 56 valence electrons. The number of thioether (sulfide) groups is 1. The maximum Gasteiger partial charge on any atom is 0.146 e. The van der Waals surface area contributed by atoms with Gasteiger partial charge in [-0.15, -0.1) is 0 Å². The summed E-state index contributed by atoms with van der Waals surface area (Å²) in [5.74, 6) is 1.63. The maximum atomic E-state index is 8.59. The molecule has 10 heavy (non-hydrogen) atoms. The molecule has 0 atom stereocenters. The molecule has 0 spiro atoms. The smallest absolute Gasteiger partial charge is 0.146 e. The Kier molecular flexibility index (Phi) is 2.77. The van der Waals surface area contributed by atoms with E-state index < -0.39 is 0 Å². The van der Waals surface area contributed by atoms with E-state index in [1.165, 1.54) is 0 Å². The Morgan fingerprint density at radius 1 is 1.80 bits per heavy atom. The lowest BCUT2D eigenvalue weighted by atomic mass is 10.4. The molecule has 1 heterocycles. The standard InChI is InChI=1S/C6H9NO2S/c1-10-4-6-2-5(3-8)7-9-6/h2,8H,3-4H2,1H3. The third-order valence-corrected chi connectivity index (χ3v) is 1.63. The highest BCUT2D eigenvalue weighted by molar-refractivity contribution is 7.97. The van der Waals surface area contributed by atoms with E-state index in [2.05, 4.69) is 5.16 Å². The van der Waals surface area contributed by atoms with Crippen LogP contribution in [0.15, 0.2) is 10.6 Å². The molecule has 1 N–H and O–H groups in total. The molecule has 3 nitrogen and oxygen atoms in total. The van der Waals surface area contributed by atoms with Gasteiger partial charge in [-0.3, -0.25) is 0 Å². The number of nitrogens with zero attached hydrogens (tertiary/aromatic N) is 1. The average Bonchev–Trinajstić information content (AvgIpc) is 2.37. The molecule has 0 aliphatic heterocycles. The minimum atomic E-state index is -0.0438. The van der Waals surface area contributed by atoms with Crippen LogP contribution >= 0.6 is 11.8 Å². The summed E-state index contributed by atoms with van der Waals surface area (Å²) >= 11 is 1.66. The Bertz CT molecular complexity index is 199. The zero-order valence-corrected chi connectivity index (χ0v) is 6.52. The van der Waals surface area contributed by atoms with Gasteiger partial charge in [0.2, 0.25) is 0 Å². The summed E-state index contributed by atoms with van der Waals surface area (Å²) in [6.07, 6.45) is 1.99. The van der Waals surface area contributed by atoms with Gasteiger partial charge in [-0.25, -0.2) is 0 Å². The molecule has 0 amide bonds. The lowest BCUT2D eigenvalue weighted by Gasteiger charge is -1.84. The Hall–Kier alpha value is -0.480. The monoisotopic (exact) mass is 159 g/mol. The van der Waals surface area contributed by atoms with Gasteiger partial charge in [-0.1, -0.05) is 5.16 Å². The lowest BCUT2D eigenvalue weighted by Crippen LogP contribution is -1.78. The Balaban J connectivity index is 2.59. The van der Waals surface area contributed by atoms with Crippen molar-refractivity contribution in [3.8, 4) is 0 Å². The third-order valence-electron chi connectivity index (χ3n) is 1.06. The molecule has 0 aliphatic carbocycles. The normalized spacial score (nSPS) is 10.2. The van der Waals surface area contributed by atoms with E-state index in [-0.39, 0.29) is 6.61 Å². The Morgan fingerprint density at radius 2 is 2.60 bits per heavy atom. The van der Waals surface area contributed by atoms with Gasteiger partial charge < -0.3 is 9.63 Å². The van der Waals surface area contributed by atoms with Crippen LogP contribution in [0.3, 0.4) is 0 Å². The molecule has 0 radical (unpaired) electrons. The van der Waals surface area contributed by atoms with Crippen molar-refractivity contribution in [3.63, 3.8) is 0 Å². The lowest BCUT2D eigenvalue weighted by molar-refractivity contribution is 0.265. The quantitative estimate of drug-likeness (QED) is 0.715. The van der Waals surface area contributed by atoms with E-state index >= 15 is 0 Å². The molecule has 0 aliphatic rings. The van der Waals surface area contributed by atoms with Crippen molar-refractivity contribution in [3.05, 3.63) is 17.5 Å². The average molecular weight is 159 g/mol. The minimum absolute atomic E-state index is 0.0438. The number of aliphatic hydroxyl groups is 1. The number of hydrogen-bond donors (Lipinski definition) is 1. The second-order valence-corrected chi connectivity index (χ2v) is 2.74. The number of hydrogen-bond acceptors (Lipinski definition) is 4. The summed E-state index contributed by atoms with van der Waals surface area (Å²) in [6, 6.07) is 1.76. The number of rotatable bonds is 3. The third kappa shape index (κ3) is 1.75. The zero-order valence-electron chi connectivity index (χ0n) is 5.70. The van der Waals surface area contributed by atoms with Crippen LogP contribution in [-0.4, -0.2) is 16.5 Å². The molecular formula is C6H9NO2S. The first-order chi connectivity index (χ1) is 4.86. The van der Waals surface area contributed by atoms with Crippen LogP contribution in [0.1, 0.15) is 11.5 Å². The van der Waals surface area contributed by atoms with Crippen molar-refractivity contribution in [1.82, 2.24) is 5.16 Å². The van der Waals surface area contributed by atoms with Crippen molar-refractivity contribution < 1.29 is 9.63 Å². The van der Waals surface area contributed by atoms with Crippen LogP contribution in [0, 0.1) is 0 Å². The second kappa shape index (κ2) is 3.63. The van der Waals surface area contributed by atoms with E-state index in [0.717, 1.165) is 11.5 Å². The zero-order chi connectivity index (χ0) is 7.40. The molecule has 0 aromatic carbocycles. The van der Waals surface area contributed by atoms with Gasteiger partial charge in [0.1, 0.15) is 11.5 Å². The summed E-state index contributed by atoms with van der Waals surface area (Å²) in [7, 11) is 0. The highest BCUT2D eigenvalue weighted by atomic mass is 32.2. The van der Waals surface area contributed by atoms with Gasteiger partial charge >= 0.3 is 0 Å². The SMILES string of the molecule is CSCc1cc(CO)no1. The van der Waals surface area contributed by atoms with Crippen LogP contribution < -0.4 is 0 Å². The molecule has 1 rings (SSSR count). The van der Waals surface area contributed by atoms with Gasteiger partial charge in [0.25, 0.3) is 0 Å². The van der Waals surface area contributed by atoms with Gasteiger partial charge in [-0.2, -0.15) is 11.8 Å². The van der Waals surface area contributed by atoms with Crippen molar-refractivity contribution in [1.29, 1.82) is 0 Å². The van der Waals surface area contributed by atoms with Gasteiger partial charge in [-0.05, 0) is 6.26 Å². The largest absolute Gasteiger partial charge is 0.390 e. The van der Waals surface area contributed by atoms with Crippen LogP contribution in [0.2, 0.25) is 0 Å². The topological polar surface area (TPSA) is 46.3 Å². The molecule has 1 aromatic heterocycles. The highest BCUT2D eigenvalue weighted by Crippen LogP contribution is 2.09. The van der Waals surface area contributed by atoms with Crippen molar-refractivity contribution >= 4 is 11.8 Å². The first-order valence-electron chi connectivity index (χ1n) is 2.91. The molecule has 0 bridgehead atoms. The second-order valence-electron chi connectivity index (χ2n) is 1.88. The van der Waals surface area contributed by atoms with Crippen LogP contribution in [0.25, 0.3) is 0 Å². The molecule has 4 heteroatoms. The Morgan fingerprint density at radius 3 is 3.10 bits per heavy atom. The van der Waals surface area contributed by atoms with E-state index in [4.69, 9.17) is 9.63 Å². The molecule has 1 aromatic rings. The van der Waals surface area contributed by atoms with Crippen molar-refractivity contribution in [2.24, 2.45) is 0 Å². The fourth-order valence-corrected chi connectivity index (χ4v) is 1.06. The maximum absolute atomic E-state index is 8.59. The van der Waals surface area contributed by atoms with Crippen molar-refractivity contribution in [2.45, 2.75) is 12.4 Å². The van der Waals surface area contributed by atoms with E-state index in [1.54, 1.807) is 17.8 Å². The van der Waals surface area contributed by atoms with Crippen LogP contribution in [0.5, 0.6) is 0 Å². The molecule has 0 fully saturated rings. The van der Waals surface area contributed by atoms with E-state index in [9.17, 15) is 0 Å². The highest BCUT2D eigenvalue weighted by Gasteiger charge is 2.00. The minimum Gasteiger partial charge on any atom is -0.390 e. The van der Waals surface area contributed by atoms with Crippen LogP contribution in [0.4, 0.5) is 0 Å².